The number of carbonyl (C=O) groups is 1. The van der Waals surface area contributed by atoms with Crippen LogP contribution in [0.1, 0.15) is 38.2 Å². The third-order valence-corrected chi connectivity index (χ3v) is 5.01. The molecule has 0 aliphatic heterocycles. The van der Waals surface area contributed by atoms with Crippen LogP contribution in [-0.4, -0.2) is 12.2 Å². The van der Waals surface area contributed by atoms with Gasteiger partial charge in [0.25, 0.3) is 0 Å². The van der Waals surface area contributed by atoms with E-state index in [9.17, 15) is 4.79 Å². The molecule has 4 aromatic rings. The van der Waals surface area contributed by atoms with Crippen molar-refractivity contribution in [1.29, 1.82) is 0 Å². The molecular formula is C30H23NO2. The van der Waals surface area contributed by atoms with Crippen LogP contribution in [0.3, 0.4) is 0 Å². The highest BCUT2D eigenvalue weighted by Crippen LogP contribution is 2.15. The van der Waals surface area contributed by atoms with Crippen LogP contribution >= 0.6 is 0 Å². The Labute approximate surface area is 194 Å². The predicted molar refractivity (Wildman–Crippen MR) is 133 cm³/mol. The maximum Gasteiger partial charge on any atom is 0.343 e. The number of rotatable bonds is 4. The predicted octanol–water partition coefficient (Wildman–Crippen LogP) is 6.67. The zero-order chi connectivity index (χ0) is 23.0. The standard InChI is InChI=1S/C30H23NO2/c1-22-3-15-27(16-4-22)30(32)33-29-19-13-25(14-20-29)8-7-24-9-11-26(12-10-24)21-31-28-17-5-23(2)6-18-28/h3-6,9-21H,1-2H3. The van der Waals surface area contributed by atoms with E-state index in [1.807, 2.05) is 85.9 Å². The Morgan fingerprint density at radius 3 is 1.79 bits per heavy atom. The van der Waals surface area contributed by atoms with Crippen molar-refractivity contribution >= 4 is 17.9 Å². The molecule has 0 amide bonds. The smallest absolute Gasteiger partial charge is 0.343 e. The quantitative estimate of drug-likeness (QED) is 0.157. The Kier molecular flexibility index (Phi) is 6.78. The molecule has 0 atom stereocenters. The van der Waals surface area contributed by atoms with Crippen molar-refractivity contribution in [2.24, 2.45) is 4.99 Å². The number of carbonyl (C=O) groups excluding carboxylic acids is 1. The Hall–Kier alpha value is -4.42. The van der Waals surface area contributed by atoms with E-state index in [2.05, 4.69) is 23.8 Å². The monoisotopic (exact) mass is 429 g/mol. The van der Waals surface area contributed by atoms with Gasteiger partial charge in [-0.05, 0) is 80.1 Å². The second-order valence-corrected chi connectivity index (χ2v) is 7.75. The zero-order valence-corrected chi connectivity index (χ0v) is 18.6. The molecule has 0 fully saturated rings. The number of ether oxygens (including phenoxy) is 1. The van der Waals surface area contributed by atoms with E-state index < -0.39 is 0 Å². The molecule has 4 rings (SSSR count). The normalized spacial score (nSPS) is 10.5. The third-order valence-electron chi connectivity index (χ3n) is 5.01. The Morgan fingerprint density at radius 1 is 0.697 bits per heavy atom. The summed E-state index contributed by atoms with van der Waals surface area (Å²) < 4.78 is 5.43. The van der Waals surface area contributed by atoms with Crippen LogP contribution in [0.5, 0.6) is 5.75 Å². The number of nitrogens with zero attached hydrogens (tertiary/aromatic N) is 1. The molecule has 0 aliphatic carbocycles. The first kappa shape index (κ1) is 21.8. The number of hydrogen-bond donors (Lipinski definition) is 0. The molecule has 0 saturated heterocycles. The van der Waals surface area contributed by atoms with Gasteiger partial charge in [-0.15, -0.1) is 0 Å². The van der Waals surface area contributed by atoms with Crippen LogP contribution < -0.4 is 4.74 Å². The van der Waals surface area contributed by atoms with Crippen molar-refractivity contribution < 1.29 is 9.53 Å². The van der Waals surface area contributed by atoms with Crippen molar-refractivity contribution in [1.82, 2.24) is 0 Å². The highest BCUT2D eigenvalue weighted by atomic mass is 16.5. The Morgan fingerprint density at radius 2 is 1.21 bits per heavy atom. The van der Waals surface area contributed by atoms with Gasteiger partial charge < -0.3 is 4.74 Å². The molecule has 0 aliphatic rings. The summed E-state index contributed by atoms with van der Waals surface area (Å²) in [7, 11) is 0. The molecule has 3 nitrogen and oxygen atoms in total. The van der Waals surface area contributed by atoms with Gasteiger partial charge >= 0.3 is 5.97 Å². The van der Waals surface area contributed by atoms with Crippen molar-refractivity contribution in [2.75, 3.05) is 0 Å². The van der Waals surface area contributed by atoms with Crippen molar-refractivity contribution in [3.05, 3.63) is 130 Å². The van der Waals surface area contributed by atoms with Crippen LogP contribution in [0.4, 0.5) is 5.69 Å². The van der Waals surface area contributed by atoms with Gasteiger partial charge in [0, 0.05) is 17.3 Å². The van der Waals surface area contributed by atoms with Crippen LogP contribution in [0.15, 0.2) is 102 Å². The summed E-state index contributed by atoms with van der Waals surface area (Å²) in [6, 6.07) is 30.5. The Bertz CT molecular complexity index is 1320. The summed E-state index contributed by atoms with van der Waals surface area (Å²) in [4.78, 5) is 16.7. The highest BCUT2D eigenvalue weighted by Gasteiger charge is 2.07. The molecule has 3 heteroatoms. The number of aryl methyl sites for hydroxylation is 2. The molecule has 0 saturated carbocycles. The number of aliphatic imine (C=N–C) groups is 1. The summed E-state index contributed by atoms with van der Waals surface area (Å²) in [5, 5.41) is 0. The molecule has 0 aromatic heterocycles. The average molecular weight is 430 g/mol. The molecule has 33 heavy (non-hydrogen) atoms. The minimum Gasteiger partial charge on any atom is -0.423 e. The van der Waals surface area contributed by atoms with E-state index in [4.69, 9.17) is 4.74 Å². The number of esters is 1. The van der Waals surface area contributed by atoms with E-state index in [0.717, 1.165) is 27.9 Å². The maximum atomic E-state index is 12.2. The van der Waals surface area contributed by atoms with E-state index >= 15 is 0 Å². The SMILES string of the molecule is Cc1ccc(N=Cc2ccc(C#Cc3ccc(OC(=O)c4ccc(C)cc4)cc3)cc2)cc1. The Balaban J connectivity index is 1.36. The summed E-state index contributed by atoms with van der Waals surface area (Å²) in [6.07, 6.45) is 1.85. The van der Waals surface area contributed by atoms with E-state index in [0.29, 0.717) is 11.3 Å². The molecule has 0 spiro atoms. The van der Waals surface area contributed by atoms with E-state index in [-0.39, 0.29) is 5.97 Å². The average Bonchev–Trinajstić information content (AvgIpc) is 2.84. The van der Waals surface area contributed by atoms with Crippen molar-refractivity contribution in [2.45, 2.75) is 13.8 Å². The summed E-state index contributed by atoms with van der Waals surface area (Å²) in [5.41, 5.74) is 6.54. The van der Waals surface area contributed by atoms with Gasteiger partial charge in [-0.2, -0.15) is 0 Å². The lowest BCUT2D eigenvalue weighted by Crippen LogP contribution is -2.08. The maximum absolute atomic E-state index is 12.2. The van der Waals surface area contributed by atoms with Gasteiger partial charge in [0.1, 0.15) is 5.75 Å². The first-order valence-corrected chi connectivity index (χ1v) is 10.7. The fourth-order valence-electron chi connectivity index (χ4n) is 3.04. The van der Waals surface area contributed by atoms with Gasteiger partial charge in [-0.25, -0.2) is 4.79 Å². The zero-order valence-electron chi connectivity index (χ0n) is 18.6. The van der Waals surface area contributed by atoms with Gasteiger partial charge in [-0.3, -0.25) is 4.99 Å². The van der Waals surface area contributed by atoms with E-state index in [1.54, 1.807) is 24.3 Å². The first-order chi connectivity index (χ1) is 16.0. The third kappa shape index (κ3) is 6.29. The van der Waals surface area contributed by atoms with Crippen molar-refractivity contribution in [3.63, 3.8) is 0 Å². The molecular weight excluding hydrogens is 406 g/mol. The van der Waals surface area contributed by atoms with Crippen LogP contribution in [-0.2, 0) is 0 Å². The lowest BCUT2D eigenvalue weighted by atomic mass is 10.1. The van der Waals surface area contributed by atoms with Gasteiger partial charge in [0.2, 0.25) is 0 Å². The molecule has 160 valence electrons. The van der Waals surface area contributed by atoms with Crippen LogP contribution in [0.25, 0.3) is 0 Å². The molecule has 0 radical (unpaired) electrons. The van der Waals surface area contributed by atoms with Gasteiger partial charge in [0.05, 0.1) is 11.3 Å². The summed E-state index contributed by atoms with van der Waals surface area (Å²) >= 11 is 0. The molecule has 4 aromatic carbocycles. The molecule has 0 heterocycles. The molecule has 0 bridgehead atoms. The lowest BCUT2D eigenvalue weighted by molar-refractivity contribution is 0.0734. The fraction of sp³-hybridized carbons (Fsp3) is 0.0667. The minimum atomic E-state index is -0.375. The lowest BCUT2D eigenvalue weighted by Gasteiger charge is -2.04. The second-order valence-electron chi connectivity index (χ2n) is 7.75. The second kappa shape index (κ2) is 10.3. The van der Waals surface area contributed by atoms with Crippen molar-refractivity contribution in [3.8, 4) is 17.6 Å². The number of benzene rings is 4. The minimum absolute atomic E-state index is 0.375. The first-order valence-electron chi connectivity index (χ1n) is 10.7. The summed E-state index contributed by atoms with van der Waals surface area (Å²) in [5.74, 6) is 6.41. The van der Waals surface area contributed by atoms with Crippen LogP contribution in [0, 0.1) is 25.7 Å². The summed E-state index contributed by atoms with van der Waals surface area (Å²) in [6.45, 7) is 4.03. The molecule has 0 unspecified atom stereocenters. The largest absolute Gasteiger partial charge is 0.423 e. The highest BCUT2D eigenvalue weighted by molar-refractivity contribution is 5.91. The van der Waals surface area contributed by atoms with E-state index in [1.165, 1.54) is 5.56 Å². The molecule has 0 N–H and O–H groups in total. The topological polar surface area (TPSA) is 38.7 Å². The van der Waals surface area contributed by atoms with Gasteiger partial charge in [0.15, 0.2) is 0 Å². The van der Waals surface area contributed by atoms with Crippen LogP contribution in [0.2, 0.25) is 0 Å². The fourth-order valence-corrected chi connectivity index (χ4v) is 3.04. The number of hydrogen-bond acceptors (Lipinski definition) is 3. The van der Waals surface area contributed by atoms with Gasteiger partial charge in [-0.1, -0.05) is 59.4 Å².